The van der Waals surface area contributed by atoms with E-state index in [9.17, 15) is 25.2 Å². The second-order valence-electron chi connectivity index (χ2n) is 15.8. The zero-order valence-corrected chi connectivity index (χ0v) is 28.8. The molecule has 1 heterocycles. The minimum Gasteiger partial charge on any atom is -0.497 e. The van der Waals surface area contributed by atoms with Gasteiger partial charge >= 0.3 is 0 Å². The van der Waals surface area contributed by atoms with Crippen LogP contribution in [-0.4, -0.2) is 82.3 Å². The van der Waals surface area contributed by atoms with Crippen molar-refractivity contribution in [1.82, 2.24) is 4.90 Å². The lowest BCUT2D eigenvalue weighted by Crippen LogP contribution is -2.67. The van der Waals surface area contributed by atoms with Gasteiger partial charge in [0.25, 0.3) is 0 Å². The number of carbonyl (C=O) groups is 1. The number of ether oxygens (including phenoxy) is 1. The number of aliphatic hydroxyl groups is 4. The lowest BCUT2D eigenvalue weighted by molar-refractivity contribution is -0.177. The fourth-order valence-electron chi connectivity index (χ4n) is 11.2. The number of hydrogen-bond donors (Lipinski definition) is 4. The molecule has 3 saturated carbocycles. The highest BCUT2D eigenvalue weighted by molar-refractivity contribution is 7.09. The molecule has 47 heavy (non-hydrogen) atoms. The molecule has 7 nitrogen and oxygen atoms in total. The summed E-state index contributed by atoms with van der Waals surface area (Å²) in [4.78, 5) is 18.2. The third-order valence-electron chi connectivity index (χ3n) is 13.7. The largest absolute Gasteiger partial charge is 0.497 e. The van der Waals surface area contributed by atoms with Gasteiger partial charge in [0.15, 0.2) is 5.78 Å². The van der Waals surface area contributed by atoms with E-state index >= 15 is 0 Å². The van der Waals surface area contributed by atoms with Crippen LogP contribution in [0.3, 0.4) is 0 Å². The van der Waals surface area contributed by atoms with E-state index in [-0.39, 0.29) is 35.1 Å². The molecular weight excluding hydrogens is 610 g/mol. The van der Waals surface area contributed by atoms with Crippen LogP contribution in [0.5, 0.6) is 5.75 Å². The van der Waals surface area contributed by atoms with Crippen molar-refractivity contribution >= 4 is 17.1 Å². The molecule has 2 spiro atoms. The number of rotatable bonds is 11. The van der Waals surface area contributed by atoms with Crippen molar-refractivity contribution in [2.75, 3.05) is 33.4 Å². The Morgan fingerprint density at radius 2 is 1.77 bits per heavy atom. The normalized spacial score (nSPS) is 39.2. The van der Waals surface area contributed by atoms with Crippen molar-refractivity contribution in [3.05, 3.63) is 76.0 Å². The molecule has 3 fully saturated rings. The molecule has 0 radical (unpaired) electrons. The number of nitrogens with zero attached hydrogens (tertiary/aromatic N) is 1. The SMILES string of the molecule is COc1ccc(C(=O)C2=CC34C=CC25C(CCC2(C)C5CCC2(O)CN(CCc2cccs2)CC(O)CO)C3(C)CCC(O)C4)cc1. The van der Waals surface area contributed by atoms with E-state index in [1.54, 1.807) is 18.4 Å². The smallest absolute Gasteiger partial charge is 0.189 e. The maximum absolute atomic E-state index is 14.8. The summed E-state index contributed by atoms with van der Waals surface area (Å²) in [6, 6.07) is 11.6. The van der Waals surface area contributed by atoms with Crippen molar-refractivity contribution in [2.24, 2.45) is 33.5 Å². The van der Waals surface area contributed by atoms with Crippen molar-refractivity contribution in [3.63, 3.8) is 0 Å². The van der Waals surface area contributed by atoms with E-state index in [2.05, 4.69) is 48.4 Å². The van der Waals surface area contributed by atoms with Gasteiger partial charge in [0.2, 0.25) is 0 Å². The topological polar surface area (TPSA) is 110 Å². The Kier molecular flexibility index (Phi) is 8.42. The molecule has 1 aromatic carbocycles. The summed E-state index contributed by atoms with van der Waals surface area (Å²) >= 11 is 1.71. The number of fused-ring (bicyclic) bond motifs is 1. The van der Waals surface area contributed by atoms with E-state index in [0.717, 1.165) is 44.1 Å². The third kappa shape index (κ3) is 4.96. The second-order valence-corrected chi connectivity index (χ2v) is 16.8. The number of carbonyl (C=O) groups excluding carboxylic acids is 1. The molecule has 2 bridgehead atoms. The Morgan fingerprint density at radius 3 is 2.47 bits per heavy atom. The van der Waals surface area contributed by atoms with Crippen molar-refractivity contribution in [3.8, 4) is 5.75 Å². The lowest BCUT2D eigenvalue weighted by atomic mass is 9.32. The lowest BCUT2D eigenvalue weighted by Gasteiger charge is -2.71. The molecule has 8 rings (SSSR count). The van der Waals surface area contributed by atoms with Crippen LogP contribution in [0.25, 0.3) is 0 Å². The van der Waals surface area contributed by atoms with Crippen LogP contribution < -0.4 is 4.74 Å². The average Bonchev–Trinajstić information content (AvgIpc) is 3.68. The van der Waals surface area contributed by atoms with Crippen LogP contribution in [0.2, 0.25) is 0 Å². The van der Waals surface area contributed by atoms with E-state index < -0.39 is 28.6 Å². The number of thiophene rings is 1. The minimum atomic E-state index is -1.03. The predicted octanol–water partition coefficient (Wildman–Crippen LogP) is 5.43. The third-order valence-corrected chi connectivity index (χ3v) is 14.7. The second kappa shape index (κ2) is 11.9. The summed E-state index contributed by atoms with van der Waals surface area (Å²) in [5.74, 6) is 1.01. The summed E-state index contributed by atoms with van der Waals surface area (Å²) in [5.41, 5.74) is -1.02. The van der Waals surface area contributed by atoms with Gasteiger partial charge in [-0.1, -0.05) is 38.1 Å². The highest BCUT2D eigenvalue weighted by Crippen LogP contribution is 2.78. The van der Waals surface area contributed by atoms with Gasteiger partial charge in [-0.3, -0.25) is 9.69 Å². The van der Waals surface area contributed by atoms with Crippen LogP contribution in [0, 0.1) is 33.5 Å². The van der Waals surface area contributed by atoms with Crippen LogP contribution in [0.15, 0.2) is 65.6 Å². The summed E-state index contributed by atoms with van der Waals surface area (Å²) in [6.07, 6.45) is 12.0. The fourth-order valence-corrected chi connectivity index (χ4v) is 11.9. The summed E-state index contributed by atoms with van der Waals surface area (Å²) in [7, 11) is 1.63. The standard InChI is InChI=1S/C39H51NO6S/c1-35-14-10-27(42)21-37(35)17-18-39(31(22-37)34(44)26-6-8-29(46-3)9-7-26)32(35)11-15-36(2)33(39)12-16-38(36,45)25-40(23-28(43)24-41)19-13-30-5-4-20-47-30/h4-9,17-18,20,22,27-28,32-33,41-43,45H,10-16,19,21,23-25H2,1-3H3. The van der Waals surface area contributed by atoms with Gasteiger partial charge in [-0.05, 0) is 104 Å². The molecule has 6 aliphatic rings. The minimum absolute atomic E-state index is 0.0341. The van der Waals surface area contributed by atoms with Gasteiger partial charge < -0.3 is 25.2 Å². The molecule has 6 aliphatic carbocycles. The summed E-state index contributed by atoms with van der Waals surface area (Å²) in [6.45, 7) is 5.72. The predicted molar refractivity (Wildman–Crippen MR) is 183 cm³/mol. The molecule has 4 N–H and O–H groups in total. The molecule has 2 aromatic rings. The average molecular weight is 662 g/mol. The number of aliphatic hydroxyl groups excluding tert-OH is 3. The fraction of sp³-hybridized carbons (Fsp3) is 0.615. The Labute approximate surface area is 283 Å². The molecule has 8 heteroatoms. The first-order valence-electron chi connectivity index (χ1n) is 17.5. The molecule has 0 amide bonds. The molecule has 0 saturated heterocycles. The van der Waals surface area contributed by atoms with Crippen LogP contribution >= 0.6 is 11.3 Å². The molecule has 9 atom stereocenters. The quantitative estimate of drug-likeness (QED) is 0.188. The highest BCUT2D eigenvalue weighted by Gasteiger charge is 2.74. The van der Waals surface area contributed by atoms with E-state index in [1.807, 2.05) is 30.3 Å². The number of hydrogen-bond acceptors (Lipinski definition) is 8. The molecule has 0 aliphatic heterocycles. The van der Waals surface area contributed by atoms with E-state index in [1.165, 1.54) is 4.88 Å². The van der Waals surface area contributed by atoms with Gasteiger partial charge in [0.05, 0.1) is 31.5 Å². The number of methoxy groups -OCH3 is 1. The first-order chi connectivity index (χ1) is 22.4. The maximum Gasteiger partial charge on any atom is 0.189 e. The molecule has 9 unspecified atom stereocenters. The Balaban J connectivity index is 1.28. The summed E-state index contributed by atoms with van der Waals surface area (Å²) < 4.78 is 5.39. The zero-order valence-electron chi connectivity index (χ0n) is 28.0. The number of allylic oxidation sites excluding steroid dienone is 4. The number of benzene rings is 1. The molecule has 254 valence electrons. The molecule has 1 aromatic heterocycles. The Hall–Kier alpha value is -2.33. The number of ketones is 1. The monoisotopic (exact) mass is 661 g/mol. The van der Waals surface area contributed by atoms with Gasteiger partial charge in [0, 0.05) is 51.9 Å². The Morgan fingerprint density at radius 1 is 1.04 bits per heavy atom. The van der Waals surface area contributed by atoms with Gasteiger partial charge in [-0.2, -0.15) is 0 Å². The van der Waals surface area contributed by atoms with Gasteiger partial charge in [0.1, 0.15) is 5.75 Å². The molecular formula is C39H51NO6S. The first-order valence-corrected chi connectivity index (χ1v) is 18.4. The van der Waals surface area contributed by atoms with Crippen molar-refractivity contribution in [2.45, 2.75) is 83.0 Å². The van der Waals surface area contributed by atoms with Crippen LogP contribution in [0.4, 0.5) is 0 Å². The van der Waals surface area contributed by atoms with Crippen molar-refractivity contribution < 1.29 is 30.0 Å². The summed E-state index contributed by atoms with van der Waals surface area (Å²) in [5, 5.41) is 46.1. The van der Waals surface area contributed by atoms with Crippen LogP contribution in [0.1, 0.15) is 74.0 Å². The number of Topliss-reactive ketones (excluding diaryl/α,β-unsaturated/α-hetero) is 1. The zero-order chi connectivity index (χ0) is 33.2. The van der Waals surface area contributed by atoms with E-state index in [4.69, 9.17) is 4.74 Å². The van der Waals surface area contributed by atoms with E-state index in [0.29, 0.717) is 43.8 Å². The van der Waals surface area contributed by atoms with Gasteiger partial charge in [-0.25, -0.2) is 0 Å². The highest BCUT2D eigenvalue weighted by atomic mass is 32.1. The first kappa shape index (κ1) is 33.2. The Bertz CT molecular complexity index is 1540. The van der Waals surface area contributed by atoms with Gasteiger partial charge in [-0.15, -0.1) is 11.3 Å². The maximum atomic E-state index is 14.8. The van der Waals surface area contributed by atoms with Crippen LogP contribution in [-0.2, 0) is 6.42 Å². The van der Waals surface area contributed by atoms with Crippen molar-refractivity contribution in [1.29, 1.82) is 0 Å².